The first-order valence-corrected chi connectivity index (χ1v) is 7.05. The van der Waals surface area contributed by atoms with Crippen LogP contribution in [0.5, 0.6) is 0 Å². The van der Waals surface area contributed by atoms with E-state index >= 15 is 0 Å². The quantitative estimate of drug-likeness (QED) is 0.846. The van der Waals surface area contributed by atoms with Crippen LogP contribution >= 0.6 is 27.5 Å². The fraction of sp³-hybridized carbons (Fsp3) is 0.214. The molecule has 0 radical (unpaired) electrons. The third-order valence-electron chi connectivity index (χ3n) is 3.06. The van der Waals surface area contributed by atoms with Crippen LogP contribution in [0.3, 0.4) is 0 Å². The van der Waals surface area contributed by atoms with E-state index in [0.717, 1.165) is 17.5 Å². The number of hydrogen-bond donors (Lipinski definition) is 1. The second kappa shape index (κ2) is 5.99. The second-order valence-corrected chi connectivity index (χ2v) is 5.40. The number of rotatable bonds is 3. The van der Waals surface area contributed by atoms with E-state index in [1.54, 1.807) is 24.5 Å². The maximum absolute atomic E-state index is 14.2. The summed E-state index contributed by atoms with van der Waals surface area (Å²) in [6, 6.07) is 4.62. The molecule has 2 aromatic rings. The molecule has 100 valence electrons. The zero-order chi connectivity index (χ0) is 14.0. The van der Waals surface area contributed by atoms with Crippen molar-refractivity contribution < 1.29 is 4.39 Å². The molecule has 0 bridgehead atoms. The summed E-state index contributed by atoms with van der Waals surface area (Å²) in [5.41, 5.74) is 8.43. The molecule has 0 amide bonds. The summed E-state index contributed by atoms with van der Waals surface area (Å²) in [5.74, 6) is -0.484. The van der Waals surface area contributed by atoms with E-state index in [2.05, 4.69) is 20.9 Å². The van der Waals surface area contributed by atoms with Gasteiger partial charge in [-0.1, -0.05) is 24.6 Å². The summed E-state index contributed by atoms with van der Waals surface area (Å²) >= 11 is 9.09. The Morgan fingerprint density at radius 1 is 1.37 bits per heavy atom. The molecule has 0 saturated carbocycles. The number of benzene rings is 1. The van der Waals surface area contributed by atoms with E-state index in [4.69, 9.17) is 17.3 Å². The van der Waals surface area contributed by atoms with Gasteiger partial charge in [-0.25, -0.2) is 4.39 Å². The van der Waals surface area contributed by atoms with Crippen LogP contribution in [0.2, 0.25) is 5.02 Å². The summed E-state index contributed by atoms with van der Waals surface area (Å²) in [4.78, 5) is 4.06. The van der Waals surface area contributed by atoms with Crippen molar-refractivity contribution in [2.45, 2.75) is 19.4 Å². The van der Waals surface area contributed by atoms with Gasteiger partial charge in [0.05, 0.1) is 11.1 Å². The molecule has 0 saturated heterocycles. The lowest BCUT2D eigenvalue weighted by Crippen LogP contribution is -2.16. The van der Waals surface area contributed by atoms with Crippen LogP contribution in [0.25, 0.3) is 0 Å². The number of aryl methyl sites for hydroxylation is 1. The van der Waals surface area contributed by atoms with E-state index in [-0.39, 0.29) is 5.02 Å². The van der Waals surface area contributed by atoms with E-state index in [1.807, 2.05) is 13.0 Å². The molecule has 0 aliphatic carbocycles. The molecule has 2 N–H and O–H groups in total. The Morgan fingerprint density at radius 2 is 2.11 bits per heavy atom. The third-order valence-corrected chi connectivity index (χ3v) is 4.32. The van der Waals surface area contributed by atoms with Crippen molar-refractivity contribution in [3.63, 3.8) is 0 Å². The third kappa shape index (κ3) is 2.81. The minimum atomic E-state index is -0.552. The van der Waals surface area contributed by atoms with Gasteiger partial charge in [0.15, 0.2) is 0 Å². The van der Waals surface area contributed by atoms with Crippen LogP contribution in [0.1, 0.15) is 29.7 Å². The van der Waals surface area contributed by atoms with Gasteiger partial charge in [0.2, 0.25) is 0 Å². The zero-order valence-corrected chi connectivity index (χ0v) is 12.7. The van der Waals surface area contributed by atoms with Crippen LogP contribution in [-0.4, -0.2) is 4.98 Å². The summed E-state index contributed by atoms with van der Waals surface area (Å²) in [6.07, 6.45) is 4.21. The topological polar surface area (TPSA) is 38.9 Å². The Kier molecular flexibility index (Phi) is 4.55. The monoisotopic (exact) mass is 342 g/mol. The molecule has 1 atom stereocenters. The van der Waals surface area contributed by atoms with E-state index < -0.39 is 11.9 Å². The van der Waals surface area contributed by atoms with Crippen molar-refractivity contribution in [1.82, 2.24) is 4.98 Å². The van der Waals surface area contributed by atoms with Gasteiger partial charge in [-0.05, 0) is 45.6 Å². The number of halogens is 3. The van der Waals surface area contributed by atoms with Gasteiger partial charge >= 0.3 is 0 Å². The fourth-order valence-electron chi connectivity index (χ4n) is 1.99. The average molecular weight is 344 g/mol. The normalized spacial score (nSPS) is 12.5. The lowest BCUT2D eigenvalue weighted by atomic mass is 9.95. The Labute approximate surface area is 124 Å². The van der Waals surface area contributed by atoms with Gasteiger partial charge in [-0.3, -0.25) is 4.98 Å². The number of nitrogens with two attached hydrogens (primary N) is 1. The molecule has 1 aromatic heterocycles. The Hall–Kier alpha value is -0.970. The predicted molar refractivity (Wildman–Crippen MR) is 78.8 cm³/mol. The average Bonchev–Trinajstić information content (AvgIpc) is 2.44. The maximum atomic E-state index is 14.2. The minimum Gasteiger partial charge on any atom is -0.320 e. The molecule has 2 nitrogen and oxygen atoms in total. The van der Waals surface area contributed by atoms with Crippen LogP contribution in [-0.2, 0) is 6.42 Å². The van der Waals surface area contributed by atoms with Gasteiger partial charge in [0.25, 0.3) is 0 Å². The Balaban J connectivity index is 2.50. The van der Waals surface area contributed by atoms with Crippen molar-refractivity contribution in [2.75, 3.05) is 0 Å². The smallest absolute Gasteiger partial charge is 0.148 e. The summed E-state index contributed by atoms with van der Waals surface area (Å²) < 4.78 is 14.7. The molecular formula is C14H13BrClFN2. The first-order chi connectivity index (χ1) is 9.06. The van der Waals surface area contributed by atoms with Crippen molar-refractivity contribution in [1.29, 1.82) is 0 Å². The molecule has 1 aromatic carbocycles. The van der Waals surface area contributed by atoms with E-state index in [1.165, 1.54) is 0 Å². The highest BCUT2D eigenvalue weighted by Crippen LogP contribution is 2.32. The van der Waals surface area contributed by atoms with Crippen LogP contribution in [0, 0.1) is 5.82 Å². The molecule has 0 aliphatic heterocycles. The highest BCUT2D eigenvalue weighted by Gasteiger charge is 2.19. The first kappa shape index (κ1) is 14.4. The number of nitrogens with zero attached hydrogens (tertiary/aromatic N) is 1. The number of pyridine rings is 1. The molecule has 1 heterocycles. The largest absolute Gasteiger partial charge is 0.320 e. The van der Waals surface area contributed by atoms with Gasteiger partial charge in [0.1, 0.15) is 5.82 Å². The molecule has 1 unspecified atom stereocenters. The number of hydrogen-bond acceptors (Lipinski definition) is 2. The maximum Gasteiger partial charge on any atom is 0.148 e. The van der Waals surface area contributed by atoms with E-state index in [9.17, 15) is 4.39 Å². The standard InChI is InChI=1S/C14H13BrClFN2/c1-2-8-7-19-6-5-9(8)14(18)10-3-4-11(15)12(16)13(10)17/h3-7,14H,2,18H2,1H3. The summed E-state index contributed by atoms with van der Waals surface area (Å²) in [5, 5.41) is 0.0556. The highest BCUT2D eigenvalue weighted by molar-refractivity contribution is 9.10. The van der Waals surface area contributed by atoms with Crippen molar-refractivity contribution in [2.24, 2.45) is 5.73 Å². The van der Waals surface area contributed by atoms with Crippen molar-refractivity contribution >= 4 is 27.5 Å². The Morgan fingerprint density at radius 3 is 2.79 bits per heavy atom. The lowest BCUT2D eigenvalue weighted by Gasteiger charge is -2.17. The van der Waals surface area contributed by atoms with Crippen LogP contribution in [0.4, 0.5) is 4.39 Å². The zero-order valence-electron chi connectivity index (χ0n) is 10.3. The van der Waals surface area contributed by atoms with Crippen molar-refractivity contribution in [3.05, 3.63) is 62.6 Å². The molecule has 0 aliphatic rings. The fourth-order valence-corrected chi connectivity index (χ4v) is 2.46. The number of aromatic nitrogens is 1. The van der Waals surface area contributed by atoms with Crippen molar-refractivity contribution in [3.8, 4) is 0 Å². The molecule has 0 spiro atoms. The molecule has 19 heavy (non-hydrogen) atoms. The predicted octanol–water partition coefficient (Wildman–Crippen LogP) is 4.25. The van der Waals surface area contributed by atoms with Gasteiger partial charge in [-0.2, -0.15) is 0 Å². The van der Waals surface area contributed by atoms with Crippen LogP contribution in [0.15, 0.2) is 35.1 Å². The van der Waals surface area contributed by atoms with Gasteiger partial charge in [0, 0.05) is 22.4 Å². The molecular weight excluding hydrogens is 331 g/mol. The molecule has 2 rings (SSSR count). The van der Waals surface area contributed by atoms with E-state index in [0.29, 0.717) is 10.0 Å². The lowest BCUT2D eigenvalue weighted by molar-refractivity contribution is 0.598. The second-order valence-electron chi connectivity index (χ2n) is 4.17. The molecule has 0 fully saturated rings. The Bertz CT molecular complexity index is 604. The van der Waals surface area contributed by atoms with Crippen LogP contribution < -0.4 is 5.73 Å². The summed E-state index contributed by atoms with van der Waals surface area (Å²) in [7, 11) is 0. The van der Waals surface area contributed by atoms with Gasteiger partial charge < -0.3 is 5.73 Å². The van der Waals surface area contributed by atoms with Gasteiger partial charge in [-0.15, -0.1) is 0 Å². The molecule has 5 heteroatoms. The summed E-state index contributed by atoms with van der Waals surface area (Å²) in [6.45, 7) is 2.01. The SMILES string of the molecule is CCc1cnccc1C(N)c1ccc(Br)c(Cl)c1F. The first-order valence-electron chi connectivity index (χ1n) is 5.88. The highest BCUT2D eigenvalue weighted by atomic mass is 79.9. The minimum absolute atomic E-state index is 0.0556.